The smallest absolute Gasteiger partial charge is 0.325 e. The lowest BCUT2D eigenvalue weighted by molar-refractivity contribution is -0.131. The first-order valence-corrected chi connectivity index (χ1v) is 9.26. The summed E-state index contributed by atoms with van der Waals surface area (Å²) in [6.07, 6.45) is 5.00. The number of nitrogens with one attached hydrogen (secondary N) is 2. The molecule has 1 saturated heterocycles. The molecule has 0 radical (unpaired) electrons. The minimum atomic E-state index is -0.549. The number of carbonyl (C=O) groups is 1. The first kappa shape index (κ1) is 17.9. The first-order chi connectivity index (χ1) is 11.9. The highest BCUT2D eigenvalue weighted by Gasteiger charge is 2.33. The Morgan fingerprint density at radius 2 is 2.04 bits per heavy atom. The molecule has 1 saturated carbocycles. The number of nitrogens with zero attached hydrogens (tertiary/aromatic N) is 2. The molecule has 1 atom stereocenters. The summed E-state index contributed by atoms with van der Waals surface area (Å²) in [5.41, 5.74) is -0.723. The number of H-pyrrole nitrogens is 2. The number of hydrogen-bond donors (Lipinski definition) is 2. The fourth-order valence-electron chi connectivity index (χ4n) is 3.62. The van der Waals surface area contributed by atoms with E-state index in [4.69, 9.17) is 0 Å². The van der Waals surface area contributed by atoms with Gasteiger partial charge in [-0.25, -0.2) is 4.79 Å². The van der Waals surface area contributed by atoms with Crippen LogP contribution in [0.2, 0.25) is 0 Å². The van der Waals surface area contributed by atoms with Crippen LogP contribution in [0.25, 0.3) is 0 Å². The molecular formula is C18H28N4O3. The van der Waals surface area contributed by atoms with E-state index in [0.717, 1.165) is 32.0 Å². The van der Waals surface area contributed by atoms with Crippen molar-refractivity contribution in [2.75, 3.05) is 26.2 Å². The van der Waals surface area contributed by atoms with Gasteiger partial charge >= 0.3 is 5.69 Å². The molecule has 2 heterocycles. The molecule has 1 aliphatic carbocycles. The predicted molar refractivity (Wildman–Crippen MR) is 95.5 cm³/mol. The lowest BCUT2D eigenvalue weighted by atomic mass is 10.0. The average Bonchev–Trinajstić information content (AvgIpc) is 3.37. The number of carbonyl (C=O) groups excluding carboxylic acids is 1. The molecule has 7 nitrogen and oxygen atoms in total. The van der Waals surface area contributed by atoms with Crippen LogP contribution in [0.5, 0.6) is 0 Å². The molecular weight excluding hydrogens is 320 g/mol. The van der Waals surface area contributed by atoms with E-state index >= 15 is 0 Å². The molecule has 2 aliphatic rings. The quantitative estimate of drug-likeness (QED) is 0.814. The van der Waals surface area contributed by atoms with Crippen molar-refractivity contribution in [2.45, 2.75) is 45.6 Å². The van der Waals surface area contributed by atoms with E-state index in [1.807, 2.05) is 4.90 Å². The van der Waals surface area contributed by atoms with Gasteiger partial charge in [0.1, 0.15) is 0 Å². The van der Waals surface area contributed by atoms with Crippen molar-refractivity contribution < 1.29 is 4.79 Å². The van der Waals surface area contributed by atoms with Crippen LogP contribution < -0.4 is 11.2 Å². The minimum absolute atomic E-state index is 0.0273. The molecule has 25 heavy (non-hydrogen) atoms. The van der Waals surface area contributed by atoms with Crippen LogP contribution in [0.4, 0.5) is 0 Å². The van der Waals surface area contributed by atoms with Gasteiger partial charge in [0.25, 0.3) is 5.56 Å². The molecule has 1 aromatic rings. The first-order valence-electron chi connectivity index (χ1n) is 9.26. The van der Waals surface area contributed by atoms with Crippen molar-refractivity contribution in [3.8, 4) is 0 Å². The third-order valence-electron chi connectivity index (χ3n) is 5.30. The van der Waals surface area contributed by atoms with Crippen LogP contribution in [-0.2, 0) is 11.2 Å². The number of hydrogen-bond acceptors (Lipinski definition) is 4. The van der Waals surface area contributed by atoms with Gasteiger partial charge in [-0.3, -0.25) is 19.5 Å². The molecule has 138 valence electrons. The average molecular weight is 348 g/mol. The summed E-state index contributed by atoms with van der Waals surface area (Å²) in [7, 11) is 0. The third-order valence-corrected chi connectivity index (χ3v) is 5.30. The molecule has 7 heteroatoms. The molecule has 2 N–H and O–H groups in total. The Hall–Kier alpha value is -1.89. The van der Waals surface area contributed by atoms with Crippen molar-refractivity contribution >= 4 is 5.91 Å². The molecule has 1 aliphatic heterocycles. The number of amides is 1. The molecule has 0 spiro atoms. The summed E-state index contributed by atoms with van der Waals surface area (Å²) in [4.78, 5) is 44.7. The van der Waals surface area contributed by atoms with Crippen molar-refractivity contribution in [3.63, 3.8) is 0 Å². The van der Waals surface area contributed by atoms with Crippen molar-refractivity contribution in [1.29, 1.82) is 0 Å². The molecule has 0 aromatic carbocycles. The maximum atomic E-state index is 12.7. The second-order valence-electron chi connectivity index (χ2n) is 7.72. The van der Waals surface area contributed by atoms with E-state index in [0.29, 0.717) is 24.1 Å². The number of rotatable bonds is 5. The highest BCUT2D eigenvalue weighted by Crippen LogP contribution is 2.31. The molecule has 2 fully saturated rings. The highest BCUT2D eigenvalue weighted by atomic mass is 16.2. The SMILES string of the molecule is CC(C)C1CN(C(=O)Cc2c[nH]c(=O)[nH]c2=O)CCCN1CC1CC1. The summed E-state index contributed by atoms with van der Waals surface area (Å²) in [5, 5.41) is 0. The van der Waals surface area contributed by atoms with Crippen LogP contribution in [0.15, 0.2) is 15.8 Å². The highest BCUT2D eigenvalue weighted by molar-refractivity contribution is 5.78. The molecule has 3 rings (SSSR count). The normalized spacial score (nSPS) is 22.2. The molecule has 1 amide bonds. The van der Waals surface area contributed by atoms with Gasteiger partial charge in [-0.2, -0.15) is 0 Å². The molecule has 1 unspecified atom stereocenters. The van der Waals surface area contributed by atoms with E-state index in [1.54, 1.807) is 0 Å². The second kappa shape index (κ2) is 7.56. The van der Waals surface area contributed by atoms with E-state index in [1.165, 1.54) is 19.0 Å². The summed E-state index contributed by atoms with van der Waals surface area (Å²) >= 11 is 0. The van der Waals surface area contributed by atoms with Gasteiger partial charge < -0.3 is 9.88 Å². The maximum Gasteiger partial charge on any atom is 0.325 e. The zero-order valence-corrected chi connectivity index (χ0v) is 15.1. The zero-order valence-electron chi connectivity index (χ0n) is 15.1. The summed E-state index contributed by atoms with van der Waals surface area (Å²) in [6.45, 7) is 8.04. The van der Waals surface area contributed by atoms with Gasteiger partial charge in [0.15, 0.2) is 0 Å². The Morgan fingerprint density at radius 3 is 2.68 bits per heavy atom. The fourth-order valence-corrected chi connectivity index (χ4v) is 3.62. The van der Waals surface area contributed by atoms with E-state index in [-0.39, 0.29) is 12.3 Å². The summed E-state index contributed by atoms with van der Waals surface area (Å²) < 4.78 is 0. The fraction of sp³-hybridized carbons (Fsp3) is 0.722. The summed E-state index contributed by atoms with van der Waals surface area (Å²) in [5.74, 6) is 1.27. The van der Waals surface area contributed by atoms with Gasteiger partial charge in [0.2, 0.25) is 5.91 Å². The predicted octanol–water partition coefficient (Wildman–Crippen LogP) is 0.575. The Morgan fingerprint density at radius 1 is 1.28 bits per heavy atom. The lowest BCUT2D eigenvalue weighted by Crippen LogP contribution is -2.47. The standard InChI is InChI=1S/C18H28N4O3/c1-12(2)15-11-22(7-3-6-21(15)10-13-4-5-13)16(23)8-14-9-19-18(25)20-17(14)24/h9,12-13,15H,3-8,10-11H2,1-2H3,(H2,19,20,24,25). The van der Waals surface area contributed by atoms with Gasteiger partial charge in [-0.1, -0.05) is 13.8 Å². The largest absolute Gasteiger partial charge is 0.341 e. The van der Waals surface area contributed by atoms with E-state index < -0.39 is 11.2 Å². The molecule has 1 aromatic heterocycles. The van der Waals surface area contributed by atoms with E-state index in [9.17, 15) is 14.4 Å². The monoisotopic (exact) mass is 348 g/mol. The van der Waals surface area contributed by atoms with Crippen LogP contribution in [-0.4, -0.2) is 57.9 Å². The zero-order chi connectivity index (χ0) is 18.0. The lowest BCUT2D eigenvalue weighted by Gasteiger charge is -2.34. The Bertz CT molecular complexity index is 720. The van der Waals surface area contributed by atoms with Crippen LogP contribution in [0.1, 0.15) is 38.7 Å². The topological polar surface area (TPSA) is 89.3 Å². The van der Waals surface area contributed by atoms with Crippen LogP contribution in [0, 0.1) is 11.8 Å². The number of aromatic nitrogens is 2. The van der Waals surface area contributed by atoms with Crippen molar-refractivity contribution in [1.82, 2.24) is 19.8 Å². The van der Waals surface area contributed by atoms with Gasteiger partial charge in [0.05, 0.1) is 6.42 Å². The van der Waals surface area contributed by atoms with Crippen LogP contribution in [0.3, 0.4) is 0 Å². The minimum Gasteiger partial charge on any atom is -0.341 e. The second-order valence-corrected chi connectivity index (χ2v) is 7.72. The summed E-state index contributed by atoms with van der Waals surface area (Å²) in [6, 6.07) is 0.362. The Balaban J connectivity index is 1.69. The number of aromatic amines is 2. The Labute approximate surface area is 147 Å². The van der Waals surface area contributed by atoms with E-state index in [2.05, 4.69) is 28.7 Å². The van der Waals surface area contributed by atoms with Crippen molar-refractivity contribution in [2.24, 2.45) is 11.8 Å². The Kier molecular flexibility index (Phi) is 5.42. The third kappa shape index (κ3) is 4.60. The van der Waals surface area contributed by atoms with Crippen LogP contribution >= 0.6 is 0 Å². The van der Waals surface area contributed by atoms with Gasteiger partial charge in [-0.15, -0.1) is 0 Å². The molecule has 0 bridgehead atoms. The van der Waals surface area contributed by atoms with Gasteiger partial charge in [0, 0.05) is 44.0 Å². The maximum absolute atomic E-state index is 12.7. The van der Waals surface area contributed by atoms with Gasteiger partial charge in [-0.05, 0) is 31.1 Å². The van der Waals surface area contributed by atoms with Crippen molar-refractivity contribution in [3.05, 3.63) is 32.6 Å².